The van der Waals surface area contributed by atoms with Crippen LogP contribution in [-0.2, 0) is 22.7 Å². The number of nitrogens with one attached hydrogen (secondary N) is 1. The van der Waals surface area contributed by atoms with E-state index in [4.69, 9.17) is 17.3 Å². The maximum Gasteiger partial charge on any atom is 0.269 e. The maximum absolute atomic E-state index is 14.3. The van der Waals surface area contributed by atoms with E-state index in [9.17, 15) is 23.9 Å². The van der Waals surface area contributed by atoms with Gasteiger partial charge in [0, 0.05) is 30.1 Å². The monoisotopic (exact) mass is 529 g/mol. The normalized spacial score (nSPS) is 18.5. The van der Waals surface area contributed by atoms with E-state index in [0.717, 1.165) is 0 Å². The Morgan fingerprint density at radius 1 is 1.22 bits per heavy atom. The molecule has 1 aliphatic carbocycles. The third-order valence-corrected chi connectivity index (χ3v) is 7.03. The number of carbonyl (C=O) groups is 3. The first kappa shape index (κ1) is 26.7. The van der Waals surface area contributed by atoms with Gasteiger partial charge in [-0.15, -0.1) is 0 Å². The number of amides is 2. The second-order valence-corrected chi connectivity index (χ2v) is 9.61. The zero-order valence-corrected chi connectivity index (χ0v) is 20.9. The molecule has 0 bridgehead atoms. The second-order valence-electron chi connectivity index (χ2n) is 9.20. The van der Waals surface area contributed by atoms with Crippen LogP contribution in [0, 0.1) is 5.82 Å². The molecule has 196 valence electrons. The van der Waals surface area contributed by atoms with Crippen LogP contribution in [0.5, 0.6) is 0 Å². The molecule has 1 fully saturated rings. The van der Waals surface area contributed by atoms with Gasteiger partial charge >= 0.3 is 0 Å². The minimum absolute atomic E-state index is 0.00517. The fourth-order valence-electron chi connectivity index (χ4n) is 4.89. The summed E-state index contributed by atoms with van der Waals surface area (Å²) in [7, 11) is 0. The van der Waals surface area contributed by atoms with Crippen LogP contribution < -0.4 is 11.1 Å². The van der Waals surface area contributed by atoms with Crippen molar-refractivity contribution in [2.45, 2.75) is 57.0 Å². The van der Waals surface area contributed by atoms with E-state index in [2.05, 4.69) is 10.4 Å². The standard InChI is InChI=1S/C26H29ClFN5O4/c27-21-6-3-4-16(24(21)28)12-30-13-18(15-34)33(17-8-10-19(35)11-9-17)23(36)14-32-22-7-2-1-5-20(22)25(31-32)26(29)37/h1-7,15,17-19,30,35H,8-14H2,(H2,29,37). The molecule has 1 heterocycles. The molecule has 1 aliphatic rings. The molecule has 0 saturated heterocycles. The van der Waals surface area contributed by atoms with Crippen LogP contribution in [0.2, 0.25) is 5.02 Å². The largest absolute Gasteiger partial charge is 0.393 e. The van der Waals surface area contributed by atoms with Gasteiger partial charge in [-0.25, -0.2) is 4.39 Å². The zero-order chi connectivity index (χ0) is 26.5. The van der Waals surface area contributed by atoms with Gasteiger partial charge in [0.1, 0.15) is 24.7 Å². The first-order valence-electron chi connectivity index (χ1n) is 12.1. The molecule has 37 heavy (non-hydrogen) atoms. The number of aliphatic hydroxyl groups excluding tert-OH is 1. The summed E-state index contributed by atoms with van der Waals surface area (Å²) in [6, 6.07) is 10.5. The molecule has 9 nitrogen and oxygen atoms in total. The number of aliphatic hydroxyl groups is 1. The van der Waals surface area contributed by atoms with Crippen LogP contribution in [0.4, 0.5) is 4.39 Å². The predicted octanol–water partition coefficient (Wildman–Crippen LogP) is 2.42. The molecule has 2 amide bonds. The highest BCUT2D eigenvalue weighted by atomic mass is 35.5. The topological polar surface area (TPSA) is 131 Å². The molecule has 1 unspecified atom stereocenters. The lowest BCUT2D eigenvalue weighted by molar-refractivity contribution is -0.141. The van der Waals surface area contributed by atoms with Gasteiger partial charge in [-0.3, -0.25) is 14.3 Å². The molecule has 0 aliphatic heterocycles. The van der Waals surface area contributed by atoms with Gasteiger partial charge in [0.2, 0.25) is 5.91 Å². The molecule has 4 rings (SSSR count). The van der Waals surface area contributed by atoms with E-state index in [-0.39, 0.29) is 42.3 Å². The molecule has 0 radical (unpaired) electrons. The molecular formula is C26H29ClFN5O4. The van der Waals surface area contributed by atoms with Crippen LogP contribution in [-0.4, -0.2) is 62.6 Å². The average molecular weight is 530 g/mol. The summed E-state index contributed by atoms with van der Waals surface area (Å²) in [4.78, 5) is 39.3. The van der Waals surface area contributed by atoms with Crippen molar-refractivity contribution in [3.63, 3.8) is 0 Å². The highest BCUT2D eigenvalue weighted by Crippen LogP contribution is 2.26. The Balaban J connectivity index is 1.56. The highest BCUT2D eigenvalue weighted by molar-refractivity contribution is 6.30. The van der Waals surface area contributed by atoms with Crippen LogP contribution in [0.1, 0.15) is 41.7 Å². The third kappa shape index (κ3) is 5.98. The number of hydrogen-bond acceptors (Lipinski definition) is 6. The fraction of sp³-hybridized carbons (Fsp3) is 0.385. The minimum Gasteiger partial charge on any atom is -0.393 e. The molecular weight excluding hydrogens is 501 g/mol. The van der Waals surface area contributed by atoms with Crippen molar-refractivity contribution in [1.29, 1.82) is 0 Å². The summed E-state index contributed by atoms with van der Waals surface area (Å²) in [5.74, 6) is -1.61. The van der Waals surface area contributed by atoms with E-state index < -0.39 is 23.9 Å². The lowest BCUT2D eigenvalue weighted by Crippen LogP contribution is -2.54. The summed E-state index contributed by atoms with van der Waals surface area (Å²) in [5.41, 5.74) is 6.46. The number of aldehydes is 1. The molecule has 3 aromatic rings. The molecule has 1 atom stereocenters. The van der Waals surface area contributed by atoms with Gasteiger partial charge in [-0.2, -0.15) is 5.10 Å². The van der Waals surface area contributed by atoms with Crippen molar-refractivity contribution in [2.75, 3.05) is 6.54 Å². The van der Waals surface area contributed by atoms with Crippen LogP contribution >= 0.6 is 11.6 Å². The minimum atomic E-state index is -0.840. The number of para-hydroxylation sites is 1. The quantitative estimate of drug-likeness (QED) is 0.346. The lowest BCUT2D eigenvalue weighted by atomic mass is 9.91. The Morgan fingerprint density at radius 3 is 2.65 bits per heavy atom. The molecule has 4 N–H and O–H groups in total. The molecule has 11 heteroatoms. The first-order chi connectivity index (χ1) is 17.8. The van der Waals surface area contributed by atoms with Crippen molar-refractivity contribution in [3.8, 4) is 0 Å². The van der Waals surface area contributed by atoms with E-state index in [1.807, 2.05) is 0 Å². The van der Waals surface area contributed by atoms with Gasteiger partial charge in [0.15, 0.2) is 5.69 Å². The average Bonchev–Trinajstić information content (AvgIpc) is 3.25. The Kier molecular flexibility index (Phi) is 8.52. The Bertz CT molecular complexity index is 1290. The zero-order valence-electron chi connectivity index (χ0n) is 20.1. The summed E-state index contributed by atoms with van der Waals surface area (Å²) in [6.07, 6.45) is 2.34. The summed E-state index contributed by atoms with van der Waals surface area (Å²) < 4.78 is 15.7. The smallest absolute Gasteiger partial charge is 0.269 e. The number of primary amides is 1. The number of hydrogen-bond donors (Lipinski definition) is 3. The van der Waals surface area contributed by atoms with Gasteiger partial charge < -0.3 is 25.9 Å². The first-order valence-corrected chi connectivity index (χ1v) is 12.5. The van der Waals surface area contributed by atoms with Crippen molar-refractivity contribution >= 4 is 40.6 Å². The van der Waals surface area contributed by atoms with Crippen molar-refractivity contribution in [1.82, 2.24) is 20.0 Å². The van der Waals surface area contributed by atoms with Crippen LogP contribution in [0.3, 0.4) is 0 Å². The van der Waals surface area contributed by atoms with E-state index in [1.165, 1.54) is 15.6 Å². The summed E-state index contributed by atoms with van der Waals surface area (Å²) in [6.45, 7) is 0.000651. The number of benzene rings is 2. The number of nitrogens with two attached hydrogens (primary N) is 1. The highest BCUT2D eigenvalue weighted by Gasteiger charge is 2.34. The van der Waals surface area contributed by atoms with Crippen molar-refractivity contribution in [2.24, 2.45) is 5.73 Å². The number of halogens is 2. The van der Waals surface area contributed by atoms with E-state index in [0.29, 0.717) is 48.4 Å². The Labute approximate surface area is 218 Å². The van der Waals surface area contributed by atoms with Gasteiger partial charge in [-0.05, 0) is 37.8 Å². The Hall–Kier alpha value is -3.34. The third-order valence-electron chi connectivity index (χ3n) is 6.74. The van der Waals surface area contributed by atoms with E-state index >= 15 is 0 Å². The van der Waals surface area contributed by atoms with E-state index in [1.54, 1.807) is 36.4 Å². The van der Waals surface area contributed by atoms with Gasteiger partial charge in [-0.1, -0.05) is 41.9 Å². The maximum atomic E-state index is 14.3. The Morgan fingerprint density at radius 2 is 1.95 bits per heavy atom. The second kappa shape index (κ2) is 11.8. The summed E-state index contributed by atoms with van der Waals surface area (Å²) in [5, 5.41) is 17.8. The summed E-state index contributed by atoms with van der Waals surface area (Å²) >= 11 is 5.86. The van der Waals surface area contributed by atoms with Gasteiger partial charge in [0.05, 0.1) is 16.6 Å². The van der Waals surface area contributed by atoms with Crippen molar-refractivity contribution < 1.29 is 23.9 Å². The molecule has 1 saturated carbocycles. The van der Waals surface area contributed by atoms with Crippen LogP contribution in [0.25, 0.3) is 10.9 Å². The fourth-order valence-corrected chi connectivity index (χ4v) is 5.08. The number of rotatable bonds is 10. The number of nitrogens with zero attached hydrogens (tertiary/aromatic N) is 3. The van der Waals surface area contributed by atoms with Crippen molar-refractivity contribution in [3.05, 3.63) is 64.6 Å². The molecule has 0 spiro atoms. The van der Waals surface area contributed by atoms with Crippen LogP contribution in [0.15, 0.2) is 42.5 Å². The number of fused-ring (bicyclic) bond motifs is 1. The predicted molar refractivity (Wildman–Crippen MR) is 136 cm³/mol. The van der Waals surface area contributed by atoms with Gasteiger partial charge in [0.25, 0.3) is 5.91 Å². The number of carbonyl (C=O) groups excluding carboxylic acids is 3. The lowest BCUT2D eigenvalue weighted by Gasteiger charge is -2.39. The number of aromatic nitrogens is 2. The SMILES string of the molecule is NC(=O)c1nn(CC(=O)N(C(C=O)CNCc2cccc(Cl)c2F)C2CCC(O)CC2)c2ccccc12. The molecule has 1 aromatic heterocycles. The molecule has 2 aromatic carbocycles.